The van der Waals surface area contributed by atoms with Crippen molar-refractivity contribution in [2.75, 3.05) is 36.9 Å². The summed E-state index contributed by atoms with van der Waals surface area (Å²) in [5.41, 5.74) is 3.60. The minimum atomic E-state index is -0.637. The Balaban J connectivity index is 1.25. The van der Waals surface area contributed by atoms with Crippen molar-refractivity contribution in [1.29, 1.82) is 0 Å². The van der Waals surface area contributed by atoms with Crippen LogP contribution in [0.1, 0.15) is 55.5 Å². The zero-order valence-corrected chi connectivity index (χ0v) is 23.6. The number of hydrogen-bond acceptors (Lipinski definition) is 8. The summed E-state index contributed by atoms with van der Waals surface area (Å²) in [7, 11) is 1.63. The van der Waals surface area contributed by atoms with Gasteiger partial charge in [-0.1, -0.05) is 25.1 Å². The van der Waals surface area contributed by atoms with Gasteiger partial charge in [0.2, 0.25) is 0 Å². The fraction of sp³-hybridized carbons (Fsp3) is 0.387. The van der Waals surface area contributed by atoms with Crippen LogP contribution in [0.5, 0.6) is 0 Å². The summed E-state index contributed by atoms with van der Waals surface area (Å²) in [6.07, 6.45) is 7.02. The minimum Gasteiger partial charge on any atom is -0.390 e. The molecule has 1 fully saturated rings. The molecule has 4 heterocycles. The van der Waals surface area contributed by atoms with Crippen LogP contribution >= 0.6 is 0 Å². The number of fused-ring (bicyclic) bond motifs is 1. The molecule has 40 heavy (non-hydrogen) atoms. The van der Waals surface area contributed by atoms with Crippen LogP contribution in [0.3, 0.4) is 0 Å². The number of anilines is 2. The quantitative estimate of drug-likeness (QED) is 0.296. The lowest BCUT2D eigenvalue weighted by Gasteiger charge is -2.38. The number of nitrogens with one attached hydrogen (secondary N) is 2. The normalized spacial score (nSPS) is 15.2. The molecular weight excluding hydrogens is 502 g/mol. The Hall–Kier alpha value is -4.11. The van der Waals surface area contributed by atoms with Crippen LogP contribution in [0.15, 0.2) is 61.2 Å². The van der Waals surface area contributed by atoms with Gasteiger partial charge in [-0.3, -0.25) is 9.78 Å². The molecule has 3 aromatic heterocycles. The monoisotopic (exact) mass is 539 g/mol. The highest BCUT2D eigenvalue weighted by Gasteiger charge is 2.30. The van der Waals surface area contributed by atoms with Gasteiger partial charge in [-0.15, -0.1) is 0 Å². The van der Waals surface area contributed by atoms with Crippen LogP contribution in [-0.4, -0.2) is 63.2 Å². The van der Waals surface area contributed by atoms with Gasteiger partial charge in [-0.05, 0) is 56.4 Å². The van der Waals surface area contributed by atoms with Crippen LogP contribution in [0.4, 0.5) is 11.6 Å². The van der Waals surface area contributed by atoms with Crippen LogP contribution in [0, 0.1) is 5.92 Å². The van der Waals surface area contributed by atoms with Gasteiger partial charge < -0.3 is 20.6 Å². The van der Waals surface area contributed by atoms with E-state index in [1.165, 1.54) is 0 Å². The number of pyridine rings is 2. The van der Waals surface area contributed by atoms with E-state index in [1.54, 1.807) is 25.6 Å². The van der Waals surface area contributed by atoms with Crippen molar-refractivity contribution >= 4 is 28.4 Å². The first-order chi connectivity index (χ1) is 19.2. The molecule has 4 aromatic rings. The number of carbonyl (C=O) groups excluding carboxylic acids is 1. The lowest BCUT2D eigenvalue weighted by Crippen LogP contribution is -2.42. The first kappa shape index (κ1) is 27.5. The third kappa shape index (κ3) is 5.89. The van der Waals surface area contributed by atoms with Gasteiger partial charge in [0.05, 0.1) is 22.4 Å². The van der Waals surface area contributed by atoms with E-state index in [1.807, 2.05) is 50.4 Å². The zero-order chi connectivity index (χ0) is 28.3. The number of aromatic nitrogens is 4. The lowest BCUT2D eigenvalue weighted by molar-refractivity contribution is 0.00645. The zero-order valence-electron chi connectivity index (χ0n) is 23.6. The molecule has 1 aliphatic heterocycles. The summed E-state index contributed by atoms with van der Waals surface area (Å²) < 4.78 is 0. The summed E-state index contributed by atoms with van der Waals surface area (Å²) in [6, 6.07) is 13.7. The maximum Gasteiger partial charge on any atom is 0.251 e. The first-order valence-electron chi connectivity index (χ1n) is 13.8. The van der Waals surface area contributed by atoms with Crippen molar-refractivity contribution in [3.63, 3.8) is 0 Å². The van der Waals surface area contributed by atoms with Crippen molar-refractivity contribution < 1.29 is 9.90 Å². The summed E-state index contributed by atoms with van der Waals surface area (Å²) in [5.74, 6) is 1.99. The molecule has 0 bridgehead atoms. The Morgan fingerprint density at radius 3 is 2.60 bits per heavy atom. The smallest absolute Gasteiger partial charge is 0.251 e. The summed E-state index contributed by atoms with van der Waals surface area (Å²) in [4.78, 5) is 32.8. The Morgan fingerprint density at radius 2 is 1.90 bits per heavy atom. The Bertz CT molecular complexity index is 1480. The standard InChI is InChI=1S/C31H37N7O2/c1-20(23-6-5-7-24-25(30(39)32-4)10-13-33-29(23)24)17-34-27-16-26(36-19-37-27)21-8-9-28(35-18-21)38-14-11-22(12-15-38)31(2,3)40/h5-10,13,16,18-20,22,40H,11-12,14-15,17H2,1-4H3,(H,32,39)(H,34,36,37)/t20-/m1/s1. The Kier molecular flexibility index (Phi) is 7.93. The average Bonchev–Trinajstić information content (AvgIpc) is 2.98. The van der Waals surface area contributed by atoms with Gasteiger partial charge in [0.1, 0.15) is 18.0 Å². The van der Waals surface area contributed by atoms with Crippen molar-refractivity contribution in [3.05, 3.63) is 72.3 Å². The predicted molar refractivity (Wildman–Crippen MR) is 159 cm³/mol. The molecule has 1 saturated heterocycles. The molecule has 1 atom stereocenters. The van der Waals surface area contributed by atoms with Gasteiger partial charge in [0.25, 0.3) is 5.91 Å². The summed E-state index contributed by atoms with van der Waals surface area (Å²) >= 11 is 0. The molecule has 0 unspecified atom stereocenters. The minimum absolute atomic E-state index is 0.121. The molecule has 1 amide bonds. The third-order valence-electron chi connectivity index (χ3n) is 7.92. The van der Waals surface area contributed by atoms with Crippen molar-refractivity contribution in [3.8, 4) is 11.3 Å². The molecule has 3 N–H and O–H groups in total. The number of para-hydroxylation sites is 1. The Labute approximate surface area is 235 Å². The van der Waals surface area contributed by atoms with Crippen LogP contribution in [-0.2, 0) is 0 Å². The van der Waals surface area contributed by atoms with E-state index in [4.69, 9.17) is 4.98 Å². The van der Waals surface area contributed by atoms with Gasteiger partial charge in [0.15, 0.2) is 0 Å². The topological polar surface area (TPSA) is 116 Å². The molecule has 208 valence electrons. The van der Waals surface area contributed by atoms with E-state index in [-0.39, 0.29) is 11.8 Å². The molecule has 0 saturated carbocycles. The number of nitrogens with zero attached hydrogens (tertiary/aromatic N) is 5. The van der Waals surface area contributed by atoms with Crippen molar-refractivity contribution in [2.45, 2.75) is 45.1 Å². The summed E-state index contributed by atoms with van der Waals surface area (Å²) in [5, 5.41) is 17.3. The van der Waals surface area contributed by atoms with E-state index in [0.29, 0.717) is 18.0 Å². The third-order valence-corrected chi connectivity index (χ3v) is 7.92. The number of rotatable bonds is 8. The second-order valence-electron chi connectivity index (χ2n) is 11.1. The predicted octanol–water partition coefficient (Wildman–Crippen LogP) is 4.65. The van der Waals surface area contributed by atoms with Gasteiger partial charge in [0, 0.05) is 62.0 Å². The SMILES string of the molecule is CNC(=O)c1ccnc2c([C@H](C)CNc3cc(-c4ccc(N5CCC(C(C)(C)O)CC5)nc4)ncn3)cccc12. The molecule has 1 aliphatic rings. The highest BCUT2D eigenvalue weighted by Crippen LogP contribution is 2.31. The molecular formula is C31H37N7O2. The number of hydrogen-bond donors (Lipinski definition) is 3. The molecule has 0 aliphatic carbocycles. The number of amides is 1. The van der Waals surface area contributed by atoms with Crippen molar-refractivity contribution in [2.24, 2.45) is 5.92 Å². The van der Waals surface area contributed by atoms with Crippen LogP contribution < -0.4 is 15.5 Å². The lowest BCUT2D eigenvalue weighted by atomic mass is 9.83. The summed E-state index contributed by atoms with van der Waals surface area (Å²) in [6.45, 7) is 8.35. The second-order valence-corrected chi connectivity index (χ2v) is 11.1. The number of carbonyl (C=O) groups is 1. The highest BCUT2D eigenvalue weighted by molar-refractivity contribution is 6.06. The van der Waals surface area contributed by atoms with E-state index in [0.717, 1.165) is 65.3 Å². The second kappa shape index (κ2) is 11.6. The fourth-order valence-corrected chi connectivity index (χ4v) is 5.45. The van der Waals surface area contributed by atoms with Gasteiger partial charge in [-0.25, -0.2) is 15.0 Å². The highest BCUT2D eigenvalue weighted by atomic mass is 16.3. The average molecular weight is 540 g/mol. The fourth-order valence-electron chi connectivity index (χ4n) is 5.45. The number of benzene rings is 1. The molecule has 0 spiro atoms. The largest absolute Gasteiger partial charge is 0.390 e. The Morgan fingerprint density at radius 1 is 1.10 bits per heavy atom. The molecule has 9 heteroatoms. The van der Waals surface area contributed by atoms with E-state index in [9.17, 15) is 9.90 Å². The first-order valence-corrected chi connectivity index (χ1v) is 13.8. The van der Waals surface area contributed by atoms with E-state index >= 15 is 0 Å². The molecule has 0 radical (unpaired) electrons. The molecule has 9 nitrogen and oxygen atoms in total. The van der Waals surface area contributed by atoms with Crippen LogP contribution in [0.2, 0.25) is 0 Å². The van der Waals surface area contributed by atoms with E-state index < -0.39 is 5.60 Å². The molecule has 1 aromatic carbocycles. The van der Waals surface area contributed by atoms with Crippen molar-refractivity contribution in [1.82, 2.24) is 25.3 Å². The van der Waals surface area contributed by atoms with Crippen LogP contribution in [0.25, 0.3) is 22.2 Å². The van der Waals surface area contributed by atoms with E-state index in [2.05, 4.69) is 43.5 Å². The maximum absolute atomic E-state index is 12.3. The molecule has 5 rings (SSSR count). The number of aliphatic hydroxyl groups is 1. The number of piperidine rings is 1. The maximum atomic E-state index is 12.3. The van der Waals surface area contributed by atoms with Gasteiger partial charge in [-0.2, -0.15) is 0 Å². The van der Waals surface area contributed by atoms with Gasteiger partial charge >= 0.3 is 0 Å².